The van der Waals surface area contributed by atoms with Gasteiger partial charge in [-0.3, -0.25) is 0 Å². The summed E-state index contributed by atoms with van der Waals surface area (Å²) >= 11 is 0. The van der Waals surface area contributed by atoms with Crippen molar-refractivity contribution in [3.63, 3.8) is 0 Å². The second-order valence-corrected chi connectivity index (χ2v) is 4.32. The Morgan fingerprint density at radius 1 is 1.11 bits per heavy atom. The molecule has 5 heteroatoms. The van der Waals surface area contributed by atoms with Gasteiger partial charge in [0, 0.05) is 18.0 Å². The number of rotatable bonds is 4. The van der Waals surface area contributed by atoms with Crippen molar-refractivity contribution < 1.29 is 5.11 Å². The van der Waals surface area contributed by atoms with Gasteiger partial charge >= 0.3 is 0 Å². The van der Waals surface area contributed by atoms with E-state index in [0.717, 1.165) is 11.3 Å². The van der Waals surface area contributed by atoms with E-state index in [1.807, 2.05) is 58.2 Å². The maximum atomic E-state index is 8.98. The van der Waals surface area contributed by atoms with Crippen molar-refractivity contribution in [1.82, 2.24) is 19.3 Å². The van der Waals surface area contributed by atoms with Crippen molar-refractivity contribution in [3.8, 4) is 5.69 Å². The SMILES string of the molecule is OCc1cn(Cc2cnn(-c3ccccc3)c2)cn1. The van der Waals surface area contributed by atoms with E-state index in [4.69, 9.17) is 5.11 Å². The highest BCUT2D eigenvalue weighted by Gasteiger charge is 2.02. The first-order chi connectivity index (χ1) is 9.35. The third kappa shape index (κ3) is 2.56. The van der Waals surface area contributed by atoms with E-state index in [9.17, 15) is 0 Å². The molecule has 3 rings (SSSR count). The fourth-order valence-electron chi connectivity index (χ4n) is 1.95. The van der Waals surface area contributed by atoms with Crippen molar-refractivity contribution in [2.24, 2.45) is 0 Å². The second kappa shape index (κ2) is 5.07. The molecule has 0 amide bonds. The molecular weight excluding hydrogens is 240 g/mol. The lowest BCUT2D eigenvalue weighted by Crippen LogP contribution is -1.96. The number of para-hydroxylation sites is 1. The standard InChI is InChI=1S/C14H14N4O/c19-10-13-9-17(11-15-13)7-12-6-16-18(8-12)14-4-2-1-3-5-14/h1-6,8-9,11,19H,7,10H2. The molecule has 0 aliphatic heterocycles. The Kier molecular flexibility index (Phi) is 3.12. The van der Waals surface area contributed by atoms with Crippen LogP contribution in [-0.2, 0) is 13.2 Å². The van der Waals surface area contributed by atoms with Gasteiger partial charge in [0.15, 0.2) is 0 Å². The number of nitrogens with zero attached hydrogens (tertiary/aromatic N) is 4. The summed E-state index contributed by atoms with van der Waals surface area (Å²) in [6.45, 7) is 0.663. The molecule has 0 radical (unpaired) electrons. The molecule has 0 atom stereocenters. The fourth-order valence-corrected chi connectivity index (χ4v) is 1.95. The van der Waals surface area contributed by atoms with Gasteiger partial charge < -0.3 is 9.67 Å². The van der Waals surface area contributed by atoms with Crippen LogP contribution in [0.5, 0.6) is 0 Å². The number of aromatic nitrogens is 4. The molecule has 0 bridgehead atoms. The summed E-state index contributed by atoms with van der Waals surface area (Å²) in [6, 6.07) is 9.98. The zero-order valence-corrected chi connectivity index (χ0v) is 10.3. The zero-order chi connectivity index (χ0) is 13.1. The first kappa shape index (κ1) is 11.7. The van der Waals surface area contributed by atoms with Gasteiger partial charge in [-0.1, -0.05) is 18.2 Å². The van der Waals surface area contributed by atoms with Crippen molar-refractivity contribution in [3.05, 3.63) is 66.5 Å². The molecule has 2 aromatic heterocycles. The van der Waals surface area contributed by atoms with E-state index in [2.05, 4.69) is 10.1 Å². The summed E-state index contributed by atoms with van der Waals surface area (Å²) < 4.78 is 3.77. The number of hydrogen-bond donors (Lipinski definition) is 1. The predicted molar refractivity (Wildman–Crippen MR) is 70.8 cm³/mol. The summed E-state index contributed by atoms with van der Waals surface area (Å²) in [5.74, 6) is 0. The smallest absolute Gasteiger partial charge is 0.0953 e. The van der Waals surface area contributed by atoms with Gasteiger partial charge in [0.1, 0.15) is 0 Å². The molecule has 2 heterocycles. The van der Waals surface area contributed by atoms with E-state index in [1.165, 1.54) is 0 Å². The molecule has 0 aliphatic carbocycles. The molecule has 5 nitrogen and oxygen atoms in total. The van der Waals surface area contributed by atoms with E-state index in [0.29, 0.717) is 12.2 Å². The average molecular weight is 254 g/mol. The molecule has 3 aromatic rings. The van der Waals surface area contributed by atoms with Gasteiger partial charge in [0.25, 0.3) is 0 Å². The van der Waals surface area contributed by atoms with Crippen molar-refractivity contribution in [2.75, 3.05) is 0 Å². The number of imidazole rings is 1. The molecule has 0 saturated carbocycles. The minimum absolute atomic E-state index is 0.0315. The molecule has 96 valence electrons. The van der Waals surface area contributed by atoms with Crippen LogP contribution in [0.1, 0.15) is 11.3 Å². The summed E-state index contributed by atoms with van der Waals surface area (Å²) in [5.41, 5.74) is 2.80. The highest BCUT2D eigenvalue weighted by atomic mass is 16.3. The fraction of sp³-hybridized carbons (Fsp3) is 0.143. The molecular formula is C14H14N4O. The topological polar surface area (TPSA) is 55.9 Å². The lowest BCUT2D eigenvalue weighted by molar-refractivity contribution is 0.277. The number of hydrogen-bond acceptors (Lipinski definition) is 3. The summed E-state index contributed by atoms with van der Waals surface area (Å²) in [4.78, 5) is 4.08. The lowest BCUT2D eigenvalue weighted by atomic mass is 10.3. The van der Waals surface area contributed by atoms with Crippen LogP contribution in [0, 0.1) is 0 Å². The Labute approximate surface area is 110 Å². The molecule has 19 heavy (non-hydrogen) atoms. The summed E-state index contributed by atoms with van der Waals surface area (Å²) in [6.07, 6.45) is 7.38. The first-order valence-corrected chi connectivity index (χ1v) is 6.05. The Balaban J connectivity index is 1.78. The number of aliphatic hydroxyl groups is 1. The molecule has 1 aromatic carbocycles. The largest absolute Gasteiger partial charge is 0.390 e. The first-order valence-electron chi connectivity index (χ1n) is 6.05. The Morgan fingerprint density at radius 2 is 1.95 bits per heavy atom. The van der Waals surface area contributed by atoms with Gasteiger partial charge in [-0.05, 0) is 12.1 Å². The maximum Gasteiger partial charge on any atom is 0.0953 e. The van der Waals surface area contributed by atoms with E-state index >= 15 is 0 Å². The molecule has 0 unspecified atom stereocenters. The van der Waals surface area contributed by atoms with Crippen molar-refractivity contribution in [1.29, 1.82) is 0 Å². The van der Waals surface area contributed by atoms with Crippen LogP contribution in [0.4, 0.5) is 0 Å². The summed E-state index contributed by atoms with van der Waals surface area (Å²) in [5, 5.41) is 13.3. The van der Waals surface area contributed by atoms with Crippen LogP contribution in [0.15, 0.2) is 55.2 Å². The van der Waals surface area contributed by atoms with E-state index in [1.54, 1.807) is 6.33 Å². The highest BCUT2D eigenvalue weighted by Crippen LogP contribution is 2.09. The summed E-state index contributed by atoms with van der Waals surface area (Å²) in [7, 11) is 0. The van der Waals surface area contributed by atoms with Crippen LogP contribution in [0.25, 0.3) is 5.69 Å². The number of benzene rings is 1. The monoisotopic (exact) mass is 254 g/mol. The van der Waals surface area contributed by atoms with Gasteiger partial charge in [-0.15, -0.1) is 0 Å². The Hall–Kier alpha value is -2.40. The van der Waals surface area contributed by atoms with Crippen molar-refractivity contribution >= 4 is 0 Å². The average Bonchev–Trinajstić information content (AvgIpc) is 3.09. The second-order valence-electron chi connectivity index (χ2n) is 4.32. The molecule has 0 spiro atoms. The number of aliphatic hydroxyl groups excluding tert-OH is 1. The third-order valence-corrected chi connectivity index (χ3v) is 2.87. The third-order valence-electron chi connectivity index (χ3n) is 2.87. The van der Waals surface area contributed by atoms with Gasteiger partial charge in [-0.2, -0.15) is 5.10 Å². The predicted octanol–water partition coefficient (Wildman–Crippen LogP) is 1.61. The molecule has 0 aliphatic rings. The maximum absolute atomic E-state index is 8.98. The van der Waals surface area contributed by atoms with Crippen LogP contribution in [0.3, 0.4) is 0 Å². The molecule has 0 fully saturated rings. The molecule has 0 saturated heterocycles. The minimum Gasteiger partial charge on any atom is -0.390 e. The van der Waals surface area contributed by atoms with Gasteiger partial charge in [0.05, 0.1) is 37.1 Å². The Morgan fingerprint density at radius 3 is 2.68 bits per heavy atom. The van der Waals surface area contributed by atoms with E-state index < -0.39 is 0 Å². The highest BCUT2D eigenvalue weighted by molar-refractivity contribution is 5.30. The van der Waals surface area contributed by atoms with Crippen LogP contribution >= 0.6 is 0 Å². The van der Waals surface area contributed by atoms with Gasteiger partial charge in [0.2, 0.25) is 0 Å². The van der Waals surface area contributed by atoms with Crippen LogP contribution < -0.4 is 0 Å². The minimum atomic E-state index is -0.0315. The Bertz CT molecular complexity index is 657. The normalized spacial score (nSPS) is 10.8. The van der Waals surface area contributed by atoms with Crippen LogP contribution in [-0.4, -0.2) is 24.4 Å². The van der Waals surface area contributed by atoms with Crippen molar-refractivity contribution in [2.45, 2.75) is 13.2 Å². The lowest BCUT2D eigenvalue weighted by Gasteiger charge is -2.00. The molecule has 1 N–H and O–H groups in total. The zero-order valence-electron chi connectivity index (χ0n) is 10.3. The van der Waals surface area contributed by atoms with E-state index in [-0.39, 0.29) is 6.61 Å². The quantitative estimate of drug-likeness (QED) is 0.769. The van der Waals surface area contributed by atoms with Gasteiger partial charge in [-0.25, -0.2) is 9.67 Å². The van der Waals surface area contributed by atoms with Crippen LogP contribution in [0.2, 0.25) is 0 Å².